The van der Waals surface area contributed by atoms with Crippen molar-refractivity contribution in [3.63, 3.8) is 0 Å². The van der Waals surface area contributed by atoms with E-state index in [2.05, 4.69) is 27.8 Å². The lowest BCUT2D eigenvalue weighted by Crippen LogP contribution is -2.47. The van der Waals surface area contributed by atoms with Gasteiger partial charge in [0, 0.05) is 38.7 Å². The Morgan fingerprint density at radius 1 is 1.50 bits per heavy atom. The zero-order chi connectivity index (χ0) is 10.4. The maximum atomic E-state index is 5.75. The summed E-state index contributed by atoms with van der Waals surface area (Å²) < 4.78 is 10.8. The zero-order valence-corrected chi connectivity index (χ0v) is 10.6. The molecule has 0 aliphatic carbocycles. The average Bonchev–Trinajstić information content (AvgIpc) is 2.17. The molecule has 0 aromatic rings. The van der Waals surface area contributed by atoms with Crippen molar-refractivity contribution in [2.75, 3.05) is 38.7 Å². The highest BCUT2D eigenvalue weighted by Crippen LogP contribution is 2.12. The number of halogens is 1. The van der Waals surface area contributed by atoms with Gasteiger partial charge in [0.25, 0.3) is 0 Å². The van der Waals surface area contributed by atoms with Gasteiger partial charge >= 0.3 is 0 Å². The molecule has 1 fully saturated rings. The van der Waals surface area contributed by atoms with E-state index in [1.54, 1.807) is 7.11 Å². The van der Waals surface area contributed by atoms with Crippen LogP contribution in [0.15, 0.2) is 0 Å². The molecule has 2 atom stereocenters. The minimum atomic E-state index is 0.348. The number of rotatable bonds is 5. The van der Waals surface area contributed by atoms with Gasteiger partial charge in [-0.1, -0.05) is 15.9 Å². The summed E-state index contributed by atoms with van der Waals surface area (Å²) in [5, 5.41) is 0.929. The summed E-state index contributed by atoms with van der Waals surface area (Å²) in [6, 6.07) is 0. The van der Waals surface area contributed by atoms with Crippen molar-refractivity contribution in [1.82, 2.24) is 4.90 Å². The molecule has 84 valence electrons. The third-order valence-electron chi connectivity index (χ3n) is 2.40. The molecule has 3 nitrogen and oxygen atoms in total. The van der Waals surface area contributed by atoms with Crippen molar-refractivity contribution < 1.29 is 9.47 Å². The topological polar surface area (TPSA) is 21.7 Å². The van der Waals surface area contributed by atoms with E-state index in [4.69, 9.17) is 9.47 Å². The molecule has 1 saturated heterocycles. The van der Waals surface area contributed by atoms with Crippen LogP contribution in [0.2, 0.25) is 0 Å². The number of methoxy groups -OCH3 is 1. The first kappa shape index (κ1) is 12.4. The van der Waals surface area contributed by atoms with E-state index in [0.29, 0.717) is 12.2 Å². The van der Waals surface area contributed by atoms with Crippen molar-refractivity contribution in [3.05, 3.63) is 0 Å². The minimum Gasteiger partial charge on any atom is -0.385 e. The molecule has 14 heavy (non-hydrogen) atoms. The van der Waals surface area contributed by atoms with Gasteiger partial charge in [-0.2, -0.15) is 0 Å². The molecule has 1 heterocycles. The number of nitrogens with zero attached hydrogens (tertiary/aromatic N) is 1. The fourth-order valence-corrected chi connectivity index (χ4v) is 2.20. The maximum Gasteiger partial charge on any atom is 0.0802 e. The van der Waals surface area contributed by atoms with Crippen LogP contribution in [0.4, 0.5) is 0 Å². The fraction of sp³-hybridized carbons (Fsp3) is 1.00. The van der Waals surface area contributed by atoms with Crippen LogP contribution in [0.25, 0.3) is 0 Å². The number of alkyl halides is 1. The van der Waals surface area contributed by atoms with Crippen LogP contribution < -0.4 is 0 Å². The highest BCUT2D eigenvalue weighted by Gasteiger charge is 2.23. The van der Waals surface area contributed by atoms with Gasteiger partial charge in [0.05, 0.1) is 12.2 Å². The van der Waals surface area contributed by atoms with Gasteiger partial charge in [0.2, 0.25) is 0 Å². The number of ether oxygens (including phenoxy) is 2. The summed E-state index contributed by atoms with van der Waals surface area (Å²) in [4.78, 5) is 2.46. The van der Waals surface area contributed by atoms with Gasteiger partial charge in [-0.25, -0.2) is 0 Å². The van der Waals surface area contributed by atoms with Crippen LogP contribution in [0.3, 0.4) is 0 Å². The molecule has 0 bridgehead atoms. The van der Waals surface area contributed by atoms with Crippen molar-refractivity contribution in [2.45, 2.75) is 25.6 Å². The molecule has 0 spiro atoms. The molecule has 0 aromatic carbocycles. The molecule has 2 unspecified atom stereocenters. The molecule has 0 amide bonds. The van der Waals surface area contributed by atoms with Gasteiger partial charge in [0.1, 0.15) is 0 Å². The molecular weight excluding hydrogens is 246 g/mol. The Morgan fingerprint density at radius 3 is 2.93 bits per heavy atom. The first-order valence-electron chi connectivity index (χ1n) is 5.19. The lowest BCUT2D eigenvalue weighted by Gasteiger charge is -2.36. The highest BCUT2D eigenvalue weighted by atomic mass is 79.9. The van der Waals surface area contributed by atoms with E-state index in [9.17, 15) is 0 Å². The molecular formula is C10H20BrNO2. The van der Waals surface area contributed by atoms with Crippen molar-refractivity contribution in [3.8, 4) is 0 Å². The molecule has 0 aromatic heterocycles. The molecule has 1 rings (SSSR count). The summed E-state index contributed by atoms with van der Waals surface area (Å²) in [6.07, 6.45) is 1.81. The second-order valence-corrected chi connectivity index (χ2v) is 4.48. The summed E-state index contributed by atoms with van der Waals surface area (Å²) in [5.74, 6) is 0. The molecule has 0 N–H and O–H groups in total. The largest absolute Gasteiger partial charge is 0.385 e. The summed E-state index contributed by atoms with van der Waals surface area (Å²) in [7, 11) is 1.75. The van der Waals surface area contributed by atoms with E-state index in [-0.39, 0.29) is 0 Å². The average molecular weight is 266 g/mol. The number of hydrogen-bond donors (Lipinski definition) is 0. The van der Waals surface area contributed by atoms with E-state index < -0.39 is 0 Å². The van der Waals surface area contributed by atoms with Crippen LogP contribution in [0, 0.1) is 0 Å². The molecule has 1 aliphatic rings. The molecule has 4 heteroatoms. The Hall–Kier alpha value is 0.360. The summed E-state index contributed by atoms with van der Waals surface area (Å²) >= 11 is 3.47. The van der Waals surface area contributed by atoms with Gasteiger partial charge in [-0.3, -0.25) is 4.90 Å². The molecule has 0 saturated carbocycles. The SMILES string of the molecule is COCCCN1CC(C)OC(CBr)C1. The second kappa shape index (κ2) is 6.77. The Labute approximate surface area is 94.9 Å². The number of morpholine rings is 1. The third kappa shape index (κ3) is 4.26. The second-order valence-electron chi connectivity index (χ2n) is 3.83. The maximum absolute atomic E-state index is 5.75. The third-order valence-corrected chi connectivity index (χ3v) is 3.12. The quantitative estimate of drug-likeness (QED) is 0.556. The van der Waals surface area contributed by atoms with Crippen molar-refractivity contribution in [2.24, 2.45) is 0 Å². The fourth-order valence-electron chi connectivity index (χ4n) is 1.84. The Morgan fingerprint density at radius 2 is 2.29 bits per heavy atom. The van der Waals surface area contributed by atoms with E-state index in [0.717, 1.165) is 38.0 Å². The van der Waals surface area contributed by atoms with Crippen LogP contribution in [0.5, 0.6) is 0 Å². The summed E-state index contributed by atoms with van der Waals surface area (Å²) in [5.41, 5.74) is 0. The lowest BCUT2D eigenvalue weighted by atomic mass is 10.2. The number of hydrogen-bond acceptors (Lipinski definition) is 3. The predicted molar refractivity (Wildman–Crippen MR) is 61.1 cm³/mol. The van der Waals surface area contributed by atoms with Crippen LogP contribution in [-0.4, -0.2) is 55.8 Å². The predicted octanol–water partition coefficient (Wildman–Crippen LogP) is 1.51. The van der Waals surface area contributed by atoms with Crippen molar-refractivity contribution >= 4 is 15.9 Å². The zero-order valence-electron chi connectivity index (χ0n) is 9.04. The summed E-state index contributed by atoms with van der Waals surface area (Å²) in [6.45, 7) is 6.19. The Kier molecular flexibility index (Phi) is 6.01. The van der Waals surface area contributed by atoms with Gasteiger partial charge in [-0.05, 0) is 13.3 Å². The van der Waals surface area contributed by atoms with E-state index in [1.807, 2.05) is 0 Å². The Balaban J connectivity index is 2.23. The monoisotopic (exact) mass is 265 g/mol. The van der Waals surface area contributed by atoms with Crippen LogP contribution in [0.1, 0.15) is 13.3 Å². The molecule has 1 aliphatic heterocycles. The van der Waals surface area contributed by atoms with E-state index in [1.165, 1.54) is 0 Å². The van der Waals surface area contributed by atoms with Gasteiger partial charge < -0.3 is 9.47 Å². The smallest absolute Gasteiger partial charge is 0.0802 e. The highest BCUT2D eigenvalue weighted by molar-refractivity contribution is 9.09. The van der Waals surface area contributed by atoms with Gasteiger partial charge in [-0.15, -0.1) is 0 Å². The first-order chi connectivity index (χ1) is 6.76. The van der Waals surface area contributed by atoms with E-state index >= 15 is 0 Å². The first-order valence-corrected chi connectivity index (χ1v) is 6.31. The van der Waals surface area contributed by atoms with Gasteiger partial charge in [0.15, 0.2) is 0 Å². The van der Waals surface area contributed by atoms with Crippen LogP contribution >= 0.6 is 15.9 Å². The normalized spacial score (nSPS) is 29.4. The molecule has 0 radical (unpaired) electrons. The van der Waals surface area contributed by atoms with Crippen LogP contribution in [-0.2, 0) is 9.47 Å². The van der Waals surface area contributed by atoms with Crippen molar-refractivity contribution in [1.29, 1.82) is 0 Å². The standard InChI is InChI=1S/C10H20BrNO2/c1-9-7-12(4-3-5-13-2)8-10(6-11)14-9/h9-10H,3-8H2,1-2H3. The Bertz CT molecular complexity index is 157. The minimum absolute atomic E-state index is 0.348. The lowest BCUT2D eigenvalue weighted by molar-refractivity contribution is -0.0663.